The minimum atomic E-state index is -3.47. The predicted octanol–water partition coefficient (Wildman–Crippen LogP) is 2.88. The number of Topliss-reactive ketones (excluding diaryl/α,β-unsaturated/α-hetero) is 1. The van der Waals surface area contributed by atoms with Gasteiger partial charge in [0.25, 0.3) is 0 Å². The Labute approximate surface area is 152 Å². The molecule has 0 radical (unpaired) electrons. The third kappa shape index (κ3) is 6.97. The average molecular weight is 384 g/mol. The Morgan fingerprint density at radius 1 is 1.20 bits per heavy atom. The number of aromatic amines is 1. The number of nitrogens with one attached hydrogen (secondary N) is 1. The van der Waals surface area contributed by atoms with Gasteiger partial charge >= 0.3 is 0 Å². The van der Waals surface area contributed by atoms with Gasteiger partial charge in [0.2, 0.25) is 10.0 Å². The summed E-state index contributed by atoms with van der Waals surface area (Å²) in [6, 6.07) is 5.54. The summed E-state index contributed by atoms with van der Waals surface area (Å²) in [5, 5.41) is 5.71. The molecule has 0 aliphatic heterocycles. The fraction of sp³-hybridized carbons (Fsp3) is 0.412. The zero-order chi connectivity index (χ0) is 18.3. The van der Waals surface area contributed by atoms with Crippen LogP contribution in [0.4, 0.5) is 0 Å². The summed E-state index contributed by atoms with van der Waals surface area (Å²) in [5.74, 6) is -0.0344. The summed E-state index contributed by atoms with van der Waals surface area (Å²) in [7, 11) is -3.47. The molecule has 0 fully saturated rings. The fourth-order valence-corrected chi connectivity index (χ4v) is 3.29. The van der Waals surface area contributed by atoms with E-state index in [1.807, 2.05) is 12.1 Å². The van der Waals surface area contributed by atoms with E-state index in [1.165, 1.54) is 6.33 Å². The highest BCUT2D eigenvalue weighted by Crippen LogP contribution is 2.21. The number of ketones is 1. The van der Waals surface area contributed by atoms with Crippen LogP contribution in [0.5, 0.6) is 0 Å². The molecule has 1 aromatic heterocycles. The molecular formula is C17H22ClN3O3S. The summed E-state index contributed by atoms with van der Waals surface area (Å²) in [4.78, 5) is 18.5. The van der Waals surface area contributed by atoms with Crippen LogP contribution >= 0.6 is 11.6 Å². The molecule has 0 spiro atoms. The van der Waals surface area contributed by atoms with Gasteiger partial charge in [0.1, 0.15) is 5.69 Å². The van der Waals surface area contributed by atoms with E-state index in [0.717, 1.165) is 36.8 Å². The molecule has 0 bridgehead atoms. The number of halogens is 1. The summed E-state index contributed by atoms with van der Waals surface area (Å²) < 4.78 is 22.1. The first-order valence-electron chi connectivity index (χ1n) is 8.15. The zero-order valence-electron chi connectivity index (χ0n) is 13.9. The lowest BCUT2D eigenvalue weighted by Crippen LogP contribution is -2.18. The molecule has 0 aliphatic rings. The van der Waals surface area contributed by atoms with Crippen LogP contribution in [0.1, 0.15) is 47.3 Å². The number of aryl methyl sites for hydroxylation is 2. The van der Waals surface area contributed by atoms with Gasteiger partial charge in [0.15, 0.2) is 5.78 Å². The maximum atomic E-state index is 11.8. The van der Waals surface area contributed by atoms with Crippen molar-refractivity contribution in [2.45, 2.75) is 38.5 Å². The van der Waals surface area contributed by atoms with Crippen molar-refractivity contribution in [2.75, 3.05) is 5.75 Å². The number of rotatable bonds is 10. The Bertz CT molecular complexity index is 805. The highest BCUT2D eigenvalue weighted by atomic mass is 35.5. The molecule has 0 aliphatic carbocycles. The lowest BCUT2D eigenvalue weighted by atomic mass is 10.0. The standard InChI is InChI=1S/C17H22ClN3O3S/c18-15-7-6-13(8-9-25(19,23)24)10-14(15)4-2-1-3-5-17(22)16-11-20-12-21-16/h6-7,10-12H,1-5,8-9H2,(H,20,21)(H2,19,23,24). The summed E-state index contributed by atoms with van der Waals surface area (Å²) >= 11 is 6.21. The maximum absolute atomic E-state index is 11.8. The summed E-state index contributed by atoms with van der Waals surface area (Å²) in [6.07, 6.45) is 7.37. The topological polar surface area (TPSA) is 106 Å². The second-order valence-electron chi connectivity index (χ2n) is 5.98. The number of nitrogens with zero attached hydrogens (tertiary/aromatic N) is 1. The molecule has 0 atom stereocenters. The van der Waals surface area contributed by atoms with Crippen LogP contribution in [-0.2, 0) is 22.9 Å². The highest BCUT2D eigenvalue weighted by Gasteiger charge is 2.08. The number of hydrogen-bond acceptors (Lipinski definition) is 4. The summed E-state index contributed by atoms with van der Waals surface area (Å²) in [6.45, 7) is 0. The predicted molar refractivity (Wildman–Crippen MR) is 98.2 cm³/mol. The van der Waals surface area contributed by atoms with Crippen molar-refractivity contribution in [3.8, 4) is 0 Å². The molecular weight excluding hydrogens is 362 g/mol. The van der Waals surface area contributed by atoms with Crippen molar-refractivity contribution in [2.24, 2.45) is 5.14 Å². The molecule has 1 aromatic carbocycles. The fourth-order valence-electron chi connectivity index (χ4n) is 2.55. The molecule has 0 unspecified atom stereocenters. The van der Waals surface area contributed by atoms with E-state index in [1.54, 1.807) is 12.3 Å². The van der Waals surface area contributed by atoms with Gasteiger partial charge in [-0.05, 0) is 42.9 Å². The van der Waals surface area contributed by atoms with E-state index < -0.39 is 10.0 Å². The molecule has 0 saturated carbocycles. The molecule has 0 saturated heterocycles. The number of imidazole rings is 1. The van der Waals surface area contributed by atoms with Crippen LogP contribution in [0.15, 0.2) is 30.7 Å². The molecule has 1 heterocycles. The van der Waals surface area contributed by atoms with E-state index >= 15 is 0 Å². The largest absolute Gasteiger partial charge is 0.350 e. The van der Waals surface area contributed by atoms with Crippen LogP contribution in [0.2, 0.25) is 5.02 Å². The molecule has 8 heteroatoms. The van der Waals surface area contributed by atoms with E-state index in [4.69, 9.17) is 16.7 Å². The minimum Gasteiger partial charge on any atom is -0.350 e. The van der Waals surface area contributed by atoms with Crippen LogP contribution in [-0.4, -0.2) is 29.9 Å². The number of carbonyl (C=O) groups excluding carboxylic acids is 1. The lowest BCUT2D eigenvalue weighted by molar-refractivity contribution is 0.0975. The monoisotopic (exact) mass is 383 g/mol. The van der Waals surface area contributed by atoms with Gasteiger partial charge in [0.05, 0.1) is 12.1 Å². The van der Waals surface area contributed by atoms with Crippen LogP contribution in [0.3, 0.4) is 0 Å². The van der Waals surface area contributed by atoms with Crippen LogP contribution in [0.25, 0.3) is 0 Å². The van der Waals surface area contributed by atoms with Gasteiger partial charge < -0.3 is 4.98 Å². The first kappa shape index (κ1) is 19.6. The number of unbranched alkanes of at least 4 members (excludes halogenated alkanes) is 2. The van der Waals surface area contributed by atoms with E-state index in [0.29, 0.717) is 23.6 Å². The Balaban J connectivity index is 1.77. The van der Waals surface area contributed by atoms with Crippen molar-refractivity contribution >= 4 is 27.4 Å². The van der Waals surface area contributed by atoms with Gasteiger partial charge in [-0.15, -0.1) is 0 Å². The van der Waals surface area contributed by atoms with Crippen LogP contribution in [0, 0.1) is 0 Å². The molecule has 25 heavy (non-hydrogen) atoms. The second kappa shape index (κ2) is 9.12. The average Bonchev–Trinajstić information content (AvgIpc) is 3.08. The molecule has 2 rings (SSSR count). The third-order valence-corrected chi connectivity index (χ3v) is 5.06. The third-order valence-electron chi connectivity index (χ3n) is 3.92. The van der Waals surface area contributed by atoms with Crippen molar-refractivity contribution in [3.63, 3.8) is 0 Å². The first-order chi connectivity index (χ1) is 11.8. The Hall–Kier alpha value is -1.70. The van der Waals surface area contributed by atoms with E-state index in [-0.39, 0.29) is 11.5 Å². The molecule has 3 N–H and O–H groups in total. The molecule has 136 valence electrons. The van der Waals surface area contributed by atoms with Crippen LogP contribution < -0.4 is 5.14 Å². The minimum absolute atomic E-state index is 0.0456. The highest BCUT2D eigenvalue weighted by molar-refractivity contribution is 7.89. The quantitative estimate of drug-likeness (QED) is 0.486. The lowest BCUT2D eigenvalue weighted by Gasteiger charge is -2.08. The number of benzene rings is 1. The Morgan fingerprint density at radius 3 is 2.68 bits per heavy atom. The number of primary sulfonamides is 1. The molecule has 6 nitrogen and oxygen atoms in total. The van der Waals surface area contributed by atoms with Gasteiger partial charge in [-0.1, -0.05) is 30.2 Å². The van der Waals surface area contributed by atoms with Gasteiger partial charge in [-0.25, -0.2) is 18.5 Å². The molecule has 0 amide bonds. The number of hydrogen-bond donors (Lipinski definition) is 2. The number of sulfonamides is 1. The van der Waals surface area contributed by atoms with E-state index in [9.17, 15) is 13.2 Å². The normalized spacial score (nSPS) is 11.6. The Kier molecular flexibility index (Phi) is 7.16. The SMILES string of the molecule is NS(=O)(=O)CCc1ccc(Cl)c(CCCCCC(=O)c2c[nH]cn2)c1. The van der Waals surface area contributed by atoms with Crippen molar-refractivity contribution < 1.29 is 13.2 Å². The van der Waals surface area contributed by atoms with Gasteiger partial charge in [0, 0.05) is 17.6 Å². The number of nitrogens with two attached hydrogens (primary N) is 1. The van der Waals surface area contributed by atoms with Gasteiger partial charge in [-0.3, -0.25) is 4.79 Å². The van der Waals surface area contributed by atoms with Crippen molar-refractivity contribution in [1.82, 2.24) is 9.97 Å². The summed E-state index contributed by atoms with van der Waals surface area (Å²) in [5.41, 5.74) is 2.37. The van der Waals surface area contributed by atoms with E-state index in [2.05, 4.69) is 9.97 Å². The van der Waals surface area contributed by atoms with Crippen molar-refractivity contribution in [1.29, 1.82) is 0 Å². The Morgan fingerprint density at radius 2 is 2.00 bits per heavy atom. The smallest absolute Gasteiger partial charge is 0.209 e. The second-order valence-corrected chi connectivity index (χ2v) is 8.12. The number of carbonyl (C=O) groups is 1. The zero-order valence-corrected chi connectivity index (χ0v) is 15.4. The van der Waals surface area contributed by atoms with Crippen molar-refractivity contribution in [3.05, 3.63) is 52.6 Å². The first-order valence-corrected chi connectivity index (χ1v) is 10.2. The number of H-pyrrole nitrogens is 1. The number of aromatic nitrogens is 2. The molecule has 2 aromatic rings. The van der Waals surface area contributed by atoms with Gasteiger partial charge in [-0.2, -0.15) is 0 Å². The maximum Gasteiger partial charge on any atom is 0.209 e.